The van der Waals surface area contributed by atoms with Crippen LogP contribution < -0.4 is 0 Å². The van der Waals surface area contributed by atoms with E-state index in [2.05, 4.69) is 55.6 Å². The molecule has 2 rings (SSSR count). The third-order valence-corrected chi connectivity index (χ3v) is 19.4. The molecule has 88 valence electrons. The van der Waals surface area contributed by atoms with Crippen LogP contribution in [-0.4, -0.2) is 62.8 Å². The molecular weight excluding hydrogens is 619 g/mol. The maximum absolute atomic E-state index is 2.42. The molecular formula is C9H10S4Te3. The van der Waals surface area contributed by atoms with E-state index in [4.69, 9.17) is 0 Å². The molecule has 0 aromatic carbocycles. The van der Waals surface area contributed by atoms with E-state index in [1.165, 1.54) is 0 Å². The van der Waals surface area contributed by atoms with Crippen LogP contribution in [0.2, 0.25) is 14.9 Å². The molecule has 2 aliphatic heterocycles. The van der Waals surface area contributed by atoms with Crippen molar-refractivity contribution in [2.45, 2.75) is 14.9 Å². The van der Waals surface area contributed by atoms with Crippen molar-refractivity contribution >= 4 is 110 Å². The normalized spacial score (nSPS) is 21.1. The summed E-state index contributed by atoms with van der Waals surface area (Å²) in [6, 6.07) is 0. The van der Waals surface area contributed by atoms with Crippen LogP contribution in [0.15, 0.2) is 22.7 Å². The van der Waals surface area contributed by atoms with Gasteiger partial charge in [0, 0.05) is 0 Å². The Morgan fingerprint density at radius 2 is 1.44 bits per heavy atom. The zero-order chi connectivity index (χ0) is 11.5. The van der Waals surface area contributed by atoms with Gasteiger partial charge >= 0.3 is 147 Å². The van der Waals surface area contributed by atoms with Crippen molar-refractivity contribution in [2.75, 3.05) is 0 Å². The molecule has 0 unspecified atom stereocenters. The van der Waals surface area contributed by atoms with E-state index in [0.717, 1.165) is 0 Å². The van der Waals surface area contributed by atoms with Gasteiger partial charge in [0.15, 0.2) is 0 Å². The second-order valence-electron chi connectivity index (χ2n) is 2.62. The van der Waals surface area contributed by atoms with Gasteiger partial charge in [0.05, 0.1) is 0 Å². The molecule has 0 spiro atoms. The second-order valence-corrected chi connectivity index (χ2v) is 16.6. The van der Waals surface area contributed by atoms with Gasteiger partial charge in [-0.2, -0.15) is 0 Å². The first-order valence-electron chi connectivity index (χ1n) is 4.29. The van der Waals surface area contributed by atoms with Crippen molar-refractivity contribution in [3.63, 3.8) is 0 Å². The molecule has 0 bridgehead atoms. The molecule has 0 atom stereocenters. The van der Waals surface area contributed by atoms with Crippen molar-refractivity contribution in [3.8, 4) is 0 Å². The number of rotatable bonds is 3. The molecule has 2 heterocycles. The van der Waals surface area contributed by atoms with Crippen LogP contribution in [0.25, 0.3) is 0 Å². The Morgan fingerprint density at radius 1 is 0.812 bits per heavy atom. The summed E-state index contributed by atoms with van der Waals surface area (Å²) in [7, 11) is 0. The molecule has 0 amide bonds. The summed E-state index contributed by atoms with van der Waals surface area (Å²) in [6.45, 7) is 0. The van der Waals surface area contributed by atoms with Crippen LogP contribution in [0.5, 0.6) is 0 Å². The molecule has 0 saturated heterocycles. The summed E-state index contributed by atoms with van der Waals surface area (Å²) in [6.07, 6.45) is 0. The Bertz CT molecular complexity index is 368. The maximum atomic E-state index is 2.42. The Balaban J connectivity index is 2.09. The molecule has 0 nitrogen and oxygen atoms in total. The molecule has 0 fully saturated rings. The predicted molar refractivity (Wildman–Crippen MR) is 87.4 cm³/mol. The Labute approximate surface area is 145 Å². The Morgan fingerprint density at radius 3 is 1.88 bits per heavy atom. The quantitative estimate of drug-likeness (QED) is 0.429. The summed E-state index contributed by atoms with van der Waals surface area (Å²) < 4.78 is 8.41. The van der Waals surface area contributed by atoms with Crippen LogP contribution in [-0.2, 0) is 0 Å². The zero-order valence-corrected chi connectivity index (χ0v) is 19.2. The summed E-state index contributed by atoms with van der Waals surface area (Å²) >= 11 is 8.60. The number of hydrogen-bond donors (Lipinski definition) is 0. The fraction of sp³-hybridized carbons (Fsp3) is 0.333. The van der Waals surface area contributed by atoms with E-state index in [1.807, 2.05) is 11.8 Å². The molecule has 16 heavy (non-hydrogen) atoms. The predicted octanol–water partition coefficient (Wildman–Crippen LogP) is 4.26. The summed E-state index contributed by atoms with van der Waals surface area (Å²) in [5.74, 6) is 0. The van der Waals surface area contributed by atoms with Crippen LogP contribution in [0, 0.1) is 0 Å². The van der Waals surface area contributed by atoms with E-state index in [9.17, 15) is 0 Å². The monoisotopic (exact) mass is 636 g/mol. The first-order chi connectivity index (χ1) is 7.78. The van der Waals surface area contributed by atoms with Crippen LogP contribution in [0.3, 0.4) is 0 Å². The van der Waals surface area contributed by atoms with Gasteiger partial charge in [-0.05, 0) is 0 Å². The molecule has 7 heteroatoms. The number of hydrogen-bond acceptors (Lipinski definition) is 4. The van der Waals surface area contributed by atoms with Crippen LogP contribution in [0.1, 0.15) is 0 Å². The Hall–Kier alpha value is 2.99. The average Bonchev–Trinajstić information content (AvgIpc) is 2.94. The third kappa shape index (κ3) is 3.76. The van der Waals surface area contributed by atoms with Crippen LogP contribution in [0.4, 0.5) is 0 Å². The van der Waals surface area contributed by atoms with E-state index >= 15 is 0 Å². The minimum absolute atomic E-state index is 0.121. The van der Waals surface area contributed by atoms with Gasteiger partial charge in [-0.1, -0.05) is 0 Å². The van der Waals surface area contributed by atoms with Crippen LogP contribution >= 0.6 is 47.0 Å². The molecule has 0 saturated carbocycles. The SMILES string of the molecule is C[Te]C1=CSC(=C2SC([Te]C)=C([Te]C)S2)S1. The summed E-state index contributed by atoms with van der Waals surface area (Å²) in [5.41, 5.74) is 0. The average molecular weight is 629 g/mol. The number of thioether (sulfide) groups is 4. The van der Waals surface area contributed by atoms with E-state index in [0.29, 0.717) is 0 Å². The van der Waals surface area contributed by atoms with Crippen molar-refractivity contribution in [1.82, 2.24) is 0 Å². The topological polar surface area (TPSA) is 0 Å². The van der Waals surface area contributed by atoms with E-state index in [-0.39, 0.29) is 62.8 Å². The molecule has 0 radical (unpaired) electrons. The third-order valence-electron chi connectivity index (χ3n) is 1.73. The summed E-state index contributed by atoms with van der Waals surface area (Å²) in [4.78, 5) is 7.21. The fourth-order valence-electron chi connectivity index (χ4n) is 1.03. The standard InChI is InChI=1S/C9H10S4Te3/c1-14-5-4-10-6(11-5)7-12-8(15-2)9(13-7)16-3/h4H,1-3H3. The van der Waals surface area contributed by atoms with Crippen molar-refractivity contribution in [1.29, 1.82) is 0 Å². The van der Waals surface area contributed by atoms with Crippen molar-refractivity contribution < 1.29 is 0 Å². The van der Waals surface area contributed by atoms with Gasteiger partial charge in [0.2, 0.25) is 0 Å². The zero-order valence-electron chi connectivity index (χ0n) is 8.94. The van der Waals surface area contributed by atoms with Gasteiger partial charge in [0.25, 0.3) is 0 Å². The van der Waals surface area contributed by atoms with Crippen molar-refractivity contribution in [3.05, 3.63) is 22.7 Å². The second kappa shape index (κ2) is 7.69. The van der Waals surface area contributed by atoms with Gasteiger partial charge in [-0.3, -0.25) is 0 Å². The van der Waals surface area contributed by atoms with E-state index < -0.39 is 0 Å². The van der Waals surface area contributed by atoms with Gasteiger partial charge in [-0.25, -0.2) is 0 Å². The van der Waals surface area contributed by atoms with Gasteiger partial charge in [0.1, 0.15) is 0 Å². The van der Waals surface area contributed by atoms with E-state index in [1.54, 1.807) is 17.3 Å². The molecule has 0 aromatic rings. The summed E-state index contributed by atoms with van der Waals surface area (Å²) in [5, 5.41) is 2.39. The van der Waals surface area contributed by atoms with Crippen molar-refractivity contribution in [2.24, 2.45) is 0 Å². The Kier molecular flexibility index (Phi) is 7.39. The molecule has 0 aromatic heterocycles. The molecule has 0 N–H and O–H groups in total. The fourth-order valence-corrected chi connectivity index (χ4v) is 18.5. The van der Waals surface area contributed by atoms with Gasteiger partial charge in [-0.15, -0.1) is 0 Å². The van der Waals surface area contributed by atoms with Gasteiger partial charge < -0.3 is 0 Å². The molecule has 2 aliphatic rings. The molecule has 0 aliphatic carbocycles. The minimum atomic E-state index is 0.121. The first-order valence-corrected chi connectivity index (χ1v) is 18.1. The first kappa shape index (κ1) is 15.4.